The van der Waals surface area contributed by atoms with Gasteiger partial charge in [0, 0.05) is 73.2 Å². The molecule has 1 aliphatic carbocycles. The summed E-state index contributed by atoms with van der Waals surface area (Å²) in [5.41, 5.74) is 7.75. The molecular weight excluding hydrogens is 478 g/mol. The normalized spacial score (nSPS) is 16.4. The molecule has 3 aliphatic rings. The lowest BCUT2D eigenvalue weighted by Crippen LogP contribution is -2.36. The predicted octanol–water partition coefficient (Wildman–Crippen LogP) is 4.85. The summed E-state index contributed by atoms with van der Waals surface area (Å²) in [6.07, 6.45) is 8.98. The van der Waals surface area contributed by atoms with Crippen molar-refractivity contribution in [2.24, 2.45) is 0 Å². The van der Waals surface area contributed by atoms with E-state index in [0.29, 0.717) is 36.3 Å². The van der Waals surface area contributed by atoms with Crippen LogP contribution in [0.25, 0.3) is 11.4 Å². The summed E-state index contributed by atoms with van der Waals surface area (Å²) in [6.45, 7) is 3.55. The molecule has 1 aromatic carbocycles. The molecule has 4 aromatic rings. The van der Waals surface area contributed by atoms with Crippen molar-refractivity contribution < 1.29 is 9.47 Å². The van der Waals surface area contributed by atoms with Crippen LogP contribution in [-0.2, 0) is 17.7 Å². The van der Waals surface area contributed by atoms with Crippen LogP contribution >= 0.6 is 0 Å². The molecule has 0 atom stereocenters. The van der Waals surface area contributed by atoms with Gasteiger partial charge in [-0.15, -0.1) is 0 Å². The highest BCUT2D eigenvalue weighted by Gasteiger charge is 2.25. The number of H-pyrrole nitrogens is 1. The topological polar surface area (TPSA) is 92.4 Å². The number of ether oxygens (including phenoxy) is 2. The van der Waals surface area contributed by atoms with E-state index < -0.39 is 0 Å². The zero-order valence-corrected chi connectivity index (χ0v) is 21.1. The number of nitrogens with one attached hydrogen (secondary N) is 2. The summed E-state index contributed by atoms with van der Waals surface area (Å²) >= 11 is 0. The standard InChI is InChI=1S/C30H29N5O3/c36-28-15-25(35-7-9-37-10-8-35)14-26(34-28)29-30-21(5-6-32-29)12-22-13-24(3-4-27(22)38-30)33-17-19-11-23(18-31-16-19)20-1-2-20/h3-6,11,13-16,18,20,33H,1-2,7-10,12,17H2,(H,34,36). The minimum absolute atomic E-state index is 0.159. The Morgan fingerprint density at radius 2 is 1.92 bits per heavy atom. The number of fused-ring (bicyclic) bond motifs is 2. The van der Waals surface area contributed by atoms with E-state index in [0.717, 1.165) is 54.3 Å². The minimum atomic E-state index is -0.159. The Hall–Kier alpha value is -4.17. The summed E-state index contributed by atoms with van der Waals surface area (Å²) < 4.78 is 11.9. The number of anilines is 2. The Kier molecular flexibility index (Phi) is 5.81. The maximum atomic E-state index is 12.6. The number of aromatic amines is 1. The molecule has 2 N–H and O–H groups in total. The Morgan fingerprint density at radius 3 is 2.79 bits per heavy atom. The van der Waals surface area contributed by atoms with Crippen LogP contribution in [0.1, 0.15) is 41.0 Å². The number of hydrogen-bond acceptors (Lipinski definition) is 7. The van der Waals surface area contributed by atoms with Gasteiger partial charge in [-0.05, 0) is 60.2 Å². The van der Waals surface area contributed by atoms with Crippen LogP contribution in [0.4, 0.5) is 11.4 Å². The second-order valence-electron chi connectivity index (χ2n) is 10.2. The van der Waals surface area contributed by atoms with Crippen LogP contribution in [-0.4, -0.2) is 41.3 Å². The van der Waals surface area contributed by atoms with Crippen molar-refractivity contribution in [2.75, 3.05) is 36.5 Å². The van der Waals surface area contributed by atoms with E-state index in [9.17, 15) is 4.79 Å². The maximum absolute atomic E-state index is 12.6. The van der Waals surface area contributed by atoms with E-state index in [1.54, 1.807) is 12.3 Å². The molecule has 1 saturated carbocycles. The molecule has 2 aliphatic heterocycles. The van der Waals surface area contributed by atoms with Crippen LogP contribution in [0.15, 0.2) is 65.8 Å². The van der Waals surface area contributed by atoms with E-state index >= 15 is 0 Å². The second kappa shape index (κ2) is 9.61. The van der Waals surface area contributed by atoms with E-state index in [-0.39, 0.29) is 5.56 Å². The van der Waals surface area contributed by atoms with E-state index in [4.69, 9.17) is 9.47 Å². The molecule has 8 nitrogen and oxygen atoms in total. The highest BCUT2D eigenvalue weighted by Crippen LogP contribution is 2.42. The van der Waals surface area contributed by atoms with Gasteiger partial charge < -0.3 is 24.7 Å². The third-order valence-corrected chi connectivity index (χ3v) is 7.46. The SMILES string of the molecule is O=c1cc(N2CCOCC2)cc(-c2nccc3c2Oc2ccc(NCc4cncc(C5CC5)c4)cc2C3)[nH]1. The quantitative estimate of drug-likeness (QED) is 0.339. The van der Waals surface area contributed by atoms with Crippen LogP contribution in [0, 0.1) is 0 Å². The van der Waals surface area contributed by atoms with Gasteiger partial charge in [0.2, 0.25) is 0 Å². The first-order valence-corrected chi connectivity index (χ1v) is 13.2. The highest BCUT2D eigenvalue weighted by atomic mass is 16.5. The number of morpholine rings is 1. The van der Waals surface area contributed by atoms with Crippen molar-refractivity contribution in [1.82, 2.24) is 15.0 Å². The van der Waals surface area contributed by atoms with Gasteiger partial charge >= 0.3 is 0 Å². The van der Waals surface area contributed by atoms with Gasteiger partial charge in [0.1, 0.15) is 11.4 Å². The average molecular weight is 508 g/mol. The van der Waals surface area contributed by atoms with Gasteiger partial charge in [0.15, 0.2) is 5.75 Å². The van der Waals surface area contributed by atoms with Crippen molar-refractivity contribution >= 4 is 11.4 Å². The van der Waals surface area contributed by atoms with Gasteiger partial charge in [-0.1, -0.05) is 6.07 Å². The molecule has 38 heavy (non-hydrogen) atoms. The molecule has 3 aromatic heterocycles. The summed E-state index contributed by atoms with van der Waals surface area (Å²) in [5.74, 6) is 2.20. The van der Waals surface area contributed by atoms with Crippen LogP contribution < -0.4 is 20.5 Å². The Balaban J connectivity index is 1.12. The highest BCUT2D eigenvalue weighted by molar-refractivity contribution is 5.71. The van der Waals surface area contributed by atoms with Gasteiger partial charge in [-0.25, -0.2) is 0 Å². The number of nitrogens with zero attached hydrogens (tertiary/aromatic N) is 3. The van der Waals surface area contributed by atoms with Gasteiger partial charge in [0.25, 0.3) is 5.56 Å². The molecular formula is C30H29N5O3. The molecule has 0 spiro atoms. The lowest BCUT2D eigenvalue weighted by atomic mass is 9.99. The molecule has 5 heterocycles. The Bertz CT molecular complexity index is 1560. The Morgan fingerprint density at radius 1 is 1.03 bits per heavy atom. The van der Waals surface area contributed by atoms with Crippen molar-refractivity contribution in [3.05, 3.63) is 93.7 Å². The van der Waals surface area contributed by atoms with Crippen LogP contribution in [0.5, 0.6) is 11.5 Å². The third-order valence-electron chi connectivity index (χ3n) is 7.46. The number of aromatic nitrogens is 3. The molecule has 2 fully saturated rings. The van der Waals surface area contributed by atoms with E-state index in [2.05, 4.69) is 37.3 Å². The van der Waals surface area contributed by atoms with Crippen LogP contribution in [0.2, 0.25) is 0 Å². The predicted molar refractivity (Wildman–Crippen MR) is 146 cm³/mol. The molecule has 0 unspecified atom stereocenters. The first-order valence-electron chi connectivity index (χ1n) is 13.2. The summed E-state index contributed by atoms with van der Waals surface area (Å²) in [7, 11) is 0. The zero-order valence-electron chi connectivity index (χ0n) is 21.1. The average Bonchev–Trinajstić information content (AvgIpc) is 3.81. The van der Waals surface area contributed by atoms with Crippen molar-refractivity contribution in [3.8, 4) is 22.9 Å². The molecule has 0 bridgehead atoms. The Labute approximate surface area is 220 Å². The zero-order chi connectivity index (χ0) is 25.5. The third kappa shape index (κ3) is 4.63. The molecule has 1 saturated heterocycles. The van der Waals surface area contributed by atoms with Crippen molar-refractivity contribution in [2.45, 2.75) is 31.7 Å². The first kappa shape index (κ1) is 23.0. The fourth-order valence-corrected chi connectivity index (χ4v) is 5.28. The van der Waals surface area contributed by atoms with Crippen LogP contribution in [0.3, 0.4) is 0 Å². The van der Waals surface area contributed by atoms with Gasteiger partial charge in [-0.2, -0.15) is 0 Å². The maximum Gasteiger partial charge on any atom is 0.250 e. The minimum Gasteiger partial charge on any atom is -0.454 e. The van der Waals surface area contributed by atoms with E-state index in [1.807, 2.05) is 36.7 Å². The molecule has 0 radical (unpaired) electrons. The molecule has 8 heteroatoms. The lowest BCUT2D eigenvalue weighted by molar-refractivity contribution is 0.122. The summed E-state index contributed by atoms with van der Waals surface area (Å²) in [4.78, 5) is 26.7. The molecule has 192 valence electrons. The van der Waals surface area contributed by atoms with Gasteiger partial charge in [0.05, 0.1) is 18.9 Å². The monoisotopic (exact) mass is 507 g/mol. The summed E-state index contributed by atoms with van der Waals surface area (Å²) in [6, 6.07) is 14.1. The largest absolute Gasteiger partial charge is 0.454 e. The molecule has 7 rings (SSSR count). The van der Waals surface area contributed by atoms with Gasteiger partial charge in [-0.3, -0.25) is 14.8 Å². The second-order valence-corrected chi connectivity index (χ2v) is 10.2. The number of rotatable bonds is 6. The lowest BCUT2D eigenvalue weighted by Gasteiger charge is -2.29. The fourth-order valence-electron chi connectivity index (χ4n) is 5.28. The van der Waals surface area contributed by atoms with Crippen molar-refractivity contribution in [1.29, 1.82) is 0 Å². The number of hydrogen-bond donors (Lipinski definition) is 2. The van der Waals surface area contributed by atoms with Crippen molar-refractivity contribution in [3.63, 3.8) is 0 Å². The summed E-state index contributed by atoms with van der Waals surface area (Å²) in [5, 5.41) is 3.54. The van der Waals surface area contributed by atoms with E-state index in [1.165, 1.54) is 24.0 Å². The molecule has 0 amide bonds. The first-order chi connectivity index (χ1) is 18.7. The number of benzene rings is 1. The number of pyridine rings is 3. The fraction of sp³-hybridized carbons (Fsp3) is 0.300. The smallest absolute Gasteiger partial charge is 0.250 e.